The highest BCUT2D eigenvalue weighted by Crippen LogP contribution is 2.56. The van der Waals surface area contributed by atoms with Gasteiger partial charge in [0.05, 0.1) is 18.6 Å². The third kappa shape index (κ3) is 3.54. The van der Waals surface area contributed by atoms with Crippen molar-refractivity contribution in [2.24, 2.45) is 0 Å². The number of ether oxygens (including phenoxy) is 2. The van der Waals surface area contributed by atoms with Crippen LogP contribution in [0.25, 0.3) is 0 Å². The van der Waals surface area contributed by atoms with Crippen molar-refractivity contribution in [1.29, 1.82) is 0 Å². The van der Waals surface area contributed by atoms with Crippen LogP contribution >= 0.6 is 0 Å². The topological polar surface area (TPSA) is 79.9 Å². The molecule has 0 aliphatic carbocycles. The van der Waals surface area contributed by atoms with Crippen LogP contribution in [0, 0.1) is 0 Å². The summed E-state index contributed by atoms with van der Waals surface area (Å²) in [6, 6.07) is 27.1. The number of para-hydroxylation sites is 1. The first-order valence-corrected chi connectivity index (χ1v) is 12.3. The minimum absolute atomic E-state index is 0.160. The highest BCUT2D eigenvalue weighted by Gasteiger charge is 2.69. The lowest BCUT2D eigenvalue weighted by Gasteiger charge is -2.33. The molecule has 184 valence electrons. The van der Waals surface area contributed by atoms with Crippen LogP contribution in [0.5, 0.6) is 0 Å². The van der Waals surface area contributed by atoms with Gasteiger partial charge >= 0.3 is 12.1 Å². The minimum Gasteiger partial charge on any atom is -0.468 e. The summed E-state index contributed by atoms with van der Waals surface area (Å²) < 4.78 is 11.0. The Balaban J connectivity index is 1.40. The van der Waals surface area contributed by atoms with Crippen LogP contribution in [-0.2, 0) is 32.7 Å². The molecule has 2 fully saturated rings. The monoisotopic (exact) mass is 483 g/mol. The molecule has 36 heavy (non-hydrogen) atoms. The zero-order chi connectivity index (χ0) is 24.7. The zero-order valence-corrected chi connectivity index (χ0v) is 20.1. The lowest BCUT2D eigenvalue weighted by atomic mass is 9.73. The molecule has 0 aromatic heterocycles. The fourth-order valence-corrected chi connectivity index (χ4v) is 6.41. The van der Waals surface area contributed by atoms with Gasteiger partial charge in [0, 0.05) is 11.7 Å². The van der Waals surface area contributed by atoms with E-state index in [1.165, 1.54) is 7.11 Å². The molecule has 1 amide bonds. The molecule has 2 N–H and O–H groups in total. The first kappa shape index (κ1) is 22.6. The SMILES string of the molecule is COC(=O)[C@@H]1C[C@]23c4ccccc4N[C@H]2N(C(=O)OCc2ccccc2)[C@@H](Cc2ccccc2)[C@@H]3N1. The normalized spacial score (nSPS) is 27.5. The van der Waals surface area contributed by atoms with Gasteiger partial charge in [-0.05, 0) is 35.6 Å². The van der Waals surface area contributed by atoms with E-state index in [2.05, 4.69) is 28.8 Å². The first-order valence-electron chi connectivity index (χ1n) is 12.3. The number of carbonyl (C=O) groups excluding carboxylic acids is 2. The summed E-state index contributed by atoms with van der Waals surface area (Å²) in [4.78, 5) is 28.3. The second-order valence-electron chi connectivity index (χ2n) is 9.76. The largest absolute Gasteiger partial charge is 0.468 e. The summed E-state index contributed by atoms with van der Waals surface area (Å²) in [6.07, 6.45) is 0.455. The highest BCUT2D eigenvalue weighted by molar-refractivity contribution is 5.80. The molecule has 6 rings (SSSR count). The Hall–Kier alpha value is -3.84. The van der Waals surface area contributed by atoms with E-state index >= 15 is 0 Å². The standard InChI is InChI=1S/C29H29N3O4/c1-35-26(33)23-17-29-21-14-8-9-15-22(21)31-27(29)32(28(34)36-18-20-12-6-3-7-13-20)24(25(29)30-23)16-19-10-4-2-5-11-19/h2-15,23-25,27,30-31H,16-18H2,1H3/t23-,24-,25-,27-,29+/m0/s1. The summed E-state index contributed by atoms with van der Waals surface area (Å²) >= 11 is 0. The smallest absolute Gasteiger partial charge is 0.412 e. The molecule has 1 spiro atoms. The van der Waals surface area contributed by atoms with Crippen molar-refractivity contribution in [3.8, 4) is 0 Å². The third-order valence-electron chi connectivity index (χ3n) is 7.90. The summed E-state index contributed by atoms with van der Waals surface area (Å²) in [5.41, 5.74) is 3.68. The van der Waals surface area contributed by atoms with Crippen LogP contribution in [0.4, 0.5) is 10.5 Å². The van der Waals surface area contributed by atoms with Gasteiger partial charge in [-0.2, -0.15) is 0 Å². The number of likely N-dealkylation sites (tertiary alicyclic amines) is 1. The Morgan fingerprint density at radius 3 is 2.33 bits per heavy atom. The first-order chi connectivity index (χ1) is 17.6. The molecule has 5 atom stereocenters. The molecular formula is C29H29N3O4. The Bertz CT molecular complexity index is 1270. The number of methoxy groups -OCH3 is 1. The number of hydrogen-bond donors (Lipinski definition) is 2. The van der Waals surface area contributed by atoms with Crippen LogP contribution in [0.2, 0.25) is 0 Å². The molecule has 0 unspecified atom stereocenters. The molecule has 3 aromatic rings. The van der Waals surface area contributed by atoms with Crippen LogP contribution in [0.1, 0.15) is 23.1 Å². The quantitative estimate of drug-likeness (QED) is 0.537. The summed E-state index contributed by atoms with van der Waals surface area (Å²) in [5, 5.41) is 7.19. The molecule has 3 aliphatic rings. The van der Waals surface area contributed by atoms with Gasteiger partial charge in [0.1, 0.15) is 18.8 Å². The van der Waals surface area contributed by atoms with E-state index in [1.54, 1.807) is 0 Å². The minimum atomic E-state index is -0.485. The number of nitrogens with zero attached hydrogens (tertiary/aromatic N) is 1. The lowest BCUT2D eigenvalue weighted by molar-refractivity contribution is -0.142. The molecule has 3 aliphatic heterocycles. The number of esters is 1. The van der Waals surface area contributed by atoms with E-state index in [-0.39, 0.29) is 36.9 Å². The maximum atomic E-state index is 13.8. The average molecular weight is 484 g/mol. The van der Waals surface area contributed by atoms with Gasteiger partial charge in [0.25, 0.3) is 0 Å². The third-order valence-corrected chi connectivity index (χ3v) is 7.90. The van der Waals surface area contributed by atoms with E-state index in [4.69, 9.17) is 9.47 Å². The number of rotatable bonds is 5. The van der Waals surface area contributed by atoms with Gasteiger partial charge < -0.3 is 14.8 Å². The van der Waals surface area contributed by atoms with E-state index in [0.29, 0.717) is 12.8 Å². The van der Waals surface area contributed by atoms with Crippen molar-refractivity contribution in [2.75, 3.05) is 12.4 Å². The zero-order valence-electron chi connectivity index (χ0n) is 20.1. The Labute approximate surface area is 210 Å². The molecule has 0 radical (unpaired) electrons. The number of carbonyl (C=O) groups is 2. The molecule has 7 heteroatoms. The number of fused-ring (bicyclic) bond motifs is 1. The Morgan fingerprint density at radius 2 is 1.61 bits per heavy atom. The number of anilines is 1. The predicted molar refractivity (Wildman–Crippen MR) is 135 cm³/mol. The van der Waals surface area contributed by atoms with Crippen LogP contribution in [0.3, 0.4) is 0 Å². The maximum absolute atomic E-state index is 13.8. The van der Waals surface area contributed by atoms with Crippen molar-refractivity contribution in [2.45, 2.75) is 49.2 Å². The molecule has 0 bridgehead atoms. The number of hydrogen-bond acceptors (Lipinski definition) is 6. The molecule has 3 heterocycles. The van der Waals surface area contributed by atoms with Crippen molar-refractivity contribution >= 4 is 17.7 Å². The van der Waals surface area contributed by atoms with Gasteiger partial charge in [-0.3, -0.25) is 15.0 Å². The summed E-state index contributed by atoms with van der Waals surface area (Å²) in [5.74, 6) is -0.279. The van der Waals surface area contributed by atoms with Crippen molar-refractivity contribution in [1.82, 2.24) is 10.2 Å². The fraction of sp³-hybridized carbons (Fsp3) is 0.310. The average Bonchev–Trinajstić information content (AvgIpc) is 3.54. The van der Waals surface area contributed by atoms with Crippen LogP contribution in [0.15, 0.2) is 84.9 Å². The van der Waals surface area contributed by atoms with E-state index in [0.717, 1.165) is 22.4 Å². The predicted octanol–water partition coefficient (Wildman–Crippen LogP) is 3.84. The van der Waals surface area contributed by atoms with Crippen LogP contribution in [-0.4, -0.2) is 48.4 Å². The summed E-state index contributed by atoms with van der Waals surface area (Å²) in [7, 11) is 1.42. The molecule has 3 aromatic carbocycles. The van der Waals surface area contributed by atoms with Gasteiger partial charge in [-0.1, -0.05) is 78.9 Å². The van der Waals surface area contributed by atoms with E-state index in [1.807, 2.05) is 71.6 Å². The van der Waals surface area contributed by atoms with Gasteiger partial charge in [0.2, 0.25) is 0 Å². The number of benzene rings is 3. The second kappa shape index (κ2) is 8.99. The van der Waals surface area contributed by atoms with Gasteiger partial charge in [0.15, 0.2) is 0 Å². The van der Waals surface area contributed by atoms with Crippen molar-refractivity contribution < 1.29 is 19.1 Å². The van der Waals surface area contributed by atoms with E-state index < -0.39 is 11.5 Å². The summed E-state index contributed by atoms with van der Waals surface area (Å²) in [6.45, 7) is 0.198. The number of amides is 1. The number of nitrogens with one attached hydrogen (secondary N) is 2. The molecule has 7 nitrogen and oxygen atoms in total. The van der Waals surface area contributed by atoms with Gasteiger partial charge in [-0.25, -0.2) is 4.79 Å². The molecular weight excluding hydrogens is 454 g/mol. The van der Waals surface area contributed by atoms with Crippen LogP contribution < -0.4 is 10.6 Å². The maximum Gasteiger partial charge on any atom is 0.412 e. The molecule has 2 saturated heterocycles. The second-order valence-corrected chi connectivity index (χ2v) is 9.76. The van der Waals surface area contributed by atoms with Crippen molar-refractivity contribution in [3.05, 3.63) is 102 Å². The fourth-order valence-electron chi connectivity index (χ4n) is 6.41. The van der Waals surface area contributed by atoms with Crippen molar-refractivity contribution in [3.63, 3.8) is 0 Å². The lowest BCUT2D eigenvalue weighted by Crippen LogP contribution is -2.51. The van der Waals surface area contributed by atoms with E-state index in [9.17, 15) is 9.59 Å². The molecule has 0 saturated carbocycles. The van der Waals surface area contributed by atoms with Gasteiger partial charge in [-0.15, -0.1) is 0 Å². The Morgan fingerprint density at radius 1 is 0.944 bits per heavy atom. The Kier molecular flexibility index (Phi) is 5.64. The highest BCUT2D eigenvalue weighted by atomic mass is 16.6.